The molecular formula is C12H11F3O3. The van der Waals surface area contributed by atoms with Crippen LogP contribution >= 0.6 is 0 Å². The van der Waals surface area contributed by atoms with Gasteiger partial charge in [0.15, 0.2) is 17.3 Å². The second kappa shape index (κ2) is 4.19. The van der Waals surface area contributed by atoms with Gasteiger partial charge in [-0.05, 0) is 24.1 Å². The molecule has 0 radical (unpaired) electrons. The minimum absolute atomic E-state index is 0.0816. The monoisotopic (exact) mass is 260 g/mol. The van der Waals surface area contributed by atoms with Crippen molar-refractivity contribution in [2.75, 3.05) is 7.11 Å². The van der Waals surface area contributed by atoms with E-state index in [1.54, 1.807) is 6.92 Å². The number of rotatable bonds is 2. The standard InChI is InChI=1S/C12H11F3O3/c1-6-3-7-4-10(18-12(13,14)15)9(17-2)5-8(7)11(6)16/h4-6H,3H2,1-2H3. The van der Waals surface area contributed by atoms with Crippen molar-refractivity contribution >= 4 is 5.78 Å². The number of hydrogen-bond acceptors (Lipinski definition) is 3. The predicted molar refractivity (Wildman–Crippen MR) is 56.9 cm³/mol. The van der Waals surface area contributed by atoms with Crippen molar-refractivity contribution in [1.29, 1.82) is 0 Å². The lowest BCUT2D eigenvalue weighted by Gasteiger charge is -2.13. The summed E-state index contributed by atoms with van der Waals surface area (Å²) in [6.07, 6.45) is -4.36. The van der Waals surface area contributed by atoms with E-state index in [9.17, 15) is 18.0 Å². The Hall–Kier alpha value is -1.72. The molecule has 3 nitrogen and oxygen atoms in total. The number of carbonyl (C=O) groups excluding carboxylic acids is 1. The second-order valence-corrected chi connectivity index (χ2v) is 4.18. The van der Waals surface area contributed by atoms with Crippen molar-refractivity contribution in [3.8, 4) is 11.5 Å². The average molecular weight is 260 g/mol. The van der Waals surface area contributed by atoms with Crippen LogP contribution in [-0.4, -0.2) is 19.3 Å². The SMILES string of the molecule is COc1cc2c(cc1OC(F)(F)F)CC(C)C2=O. The van der Waals surface area contributed by atoms with Gasteiger partial charge in [-0.15, -0.1) is 13.2 Å². The molecule has 1 aliphatic carbocycles. The summed E-state index contributed by atoms with van der Waals surface area (Å²) >= 11 is 0. The first-order chi connectivity index (χ1) is 8.31. The largest absolute Gasteiger partial charge is 0.573 e. The summed E-state index contributed by atoms with van der Waals surface area (Å²) in [5.74, 6) is -0.799. The number of fused-ring (bicyclic) bond motifs is 1. The third-order valence-electron chi connectivity index (χ3n) is 2.85. The predicted octanol–water partition coefficient (Wildman–Crippen LogP) is 2.97. The van der Waals surface area contributed by atoms with Gasteiger partial charge in [-0.25, -0.2) is 0 Å². The molecular weight excluding hydrogens is 249 g/mol. The van der Waals surface area contributed by atoms with Gasteiger partial charge in [-0.1, -0.05) is 6.92 Å². The van der Waals surface area contributed by atoms with Crippen LogP contribution in [0.5, 0.6) is 11.5 Å². The maximum Gasteiger partial charge on any atom is 0.573 e. The van der Waals surface area contributed by atoms with Gasteiger partial charge in [0.2, 0.25) is 0 Å². The lowest BCUT2D eigenvalue weighted by molar-refractivity contribution is -0.275. The number of ether oxygens (including phenoxy) is 2. The van der Waals surface area contributed by atoms with Gasteiger partial charge in [-0.2, -0.15) is 0 Å². The highest BCUT2D eigenvalue weighted by Crippen LogP contribution is 2.38. The number of benzene rings is 1. The summed E-state index contributed by atoms with van der Waals surface area (Å²) in [6.45, 7) is 1.74. The van der Waals surface area contributed by atoms with E-state index in [2.05, 4.69) is 4.74 Å². The Morgan fingerprint density at radius 3 is 2.50 bits per heavy atom. The molecule has 1 atom stereocenters. The van der Waals surface area contributed by atoms with Crippen LogP contribution in [0, 0.1) is 5.92 Å². The van der Waals surface area contributed by atoms with Crippen molar-refractivity contribution in [3.05, 3.63) is 23.3 Å². The van der Waals surface area contributed by atoms with E-state index in [0.717, 1.165) is 0 Å². The zero-order valence-electron chi connectivity index (χ0n) is 9.80. The molecule has 0 saturated carbocycles. The molecule has 1 aromatic rings. The zero-order chi connectivity index (χ0) is 13.5. The lowest BCUT2D eigenvalue weighted by atomic mass is 10.1. The molecule has 2 rings (SSSR count). The van der Waals surface area contributed by atoms with E-state index in [0.29, 0.717) is 17.5 Å². The molecule has 0 spiro atoms. The first-order valence-electron chi connectivity index (χ1n) is 5.32. The highest BCUT2D eigenvalue weighted by molar-refractivity contribution is 6.02. The van der Waals surface area contributed by atoms with E-state index in [-0.39, 0.29) is 17.5 Å². The molecule has 98 valence electrons. The Morgan fingerprint density at radius 2 is 1.94 bits per heavy atom. The van der Waals surface area contributed by atoms with Crippen molar-refractivity contribution in [2.24, 2.45) is 5.92 Å². The Labute approximate surface area is 102 Å². The van der Waals surface area contributed by atoms with Crippen molar-refractivity contribution in [2.45, 2.75) is 19.7 Å². The number of carbonyl (C=O) groups is 1. The van der Waals surface area contributed by atoms with Crippen LogP contribution in [0.4, 0.5) is 13.2 Å². The van der Waals surface area contributed by atoms with Crippen LogP contribution in [0.15, 0.2) is 12.1 Å². The molecule has 0 heterocycles. The van der Waals surface area contributed by atoms with Crippen molar-refractivity contribution < 1.29 is 27.4 Å². The van der Waals surface area contributed by atoms with E-state index >= 15 is 0 Å². The third kappa shape index (κ3) is 2.27. The summed E-state index contributed by atoms with van der Waals surface area (Å²) in [7, 11) is 1.23. The summed E-state index contributed by atoms with van der Waals surface area (Å²) in [6, 6.07) is 2.53. The minimum atomic E-state index is -4.78. The number of halogens is 3. The summed E-state index contributed by atoms with van der Waals surface area (Å²) < 4.78 is 45.4. The summed E-state index contributed by atoms with van der Waals surface area (Å²) in [5.41, 5.74) is 0.974. The topological polar surface area (TPSA) is 35.5 Å². The van der Waals surface area contributed by atoms with Crippen LogP contribution in [-0.2, 0) is 6.42 Å². The zero-order valence-corrected chi connectivity index (χ0v) is 9.80. The van der Waals surface area contributed by atoms with Crippen LogP contribution in [0.1, 0.15) is 22.8 Å². The van der Waals surface area contributed by atoms with Crippen molar-refractivity contribution in [1.82, 2.24) is 0 Å². The maximum atomic E-state index is 12.2. The van der Waals surface area contributed by atoms with E-state index in [4.69, 9.17) is 4.74 Å². The molecule has 0 saturated heterocycles. The van der Waals surface area contributed by atoms with Gasteiger partial charge in [0.05, 0.1) is 7.11 Å². The van der Waals surface area contributed by atoms with Crippen molar-refractivity contribution in [3.63, 3.8) is 0 Å². The normalized spacial score (nSPS) is 18.7. The Kier molecular flexibility index (Phi) is 2.96. The molecule has 0 aromatic heterocycles. The van der Waals surface area contributed by atoms with E-state index in [1.165, 1.54) is 19.2 Å². The number of ketones is 1. The molecule has 1 aromatic carbocycles. The molecule has 0 amide bonds. The summed E-state index contributed by atoms with van der Waals surface area (Å²) in [4.78, 5) is 11.7. The fourth-order valence-corrected chi connectivity index (χ4v) is 2.05. The molecule has 6 heteroatoms. The first kappa shape index (κ1) is 12.7. The van der Waals surface area contributed by atoms with Gasteiger partial charge >= 0.3 is 6.36 Å². The van der Waals surface area contributed by atoms with Crippen LogP contribution in [0.25, 0.3) is 0 Å². The molecule has 0 N–H and O–H groups in total. The van der Waals surface area contributed by atoms with Crippen LogP contribution < -0.4 is 9.47 Å². The maximum absolute atomic E-state index is 12.2. The number of alkyl halides is 3. The van der Waals surface area contributed by atoms with Gasteiger partial charge in [0, 0.05) is 11.5 Å². The quantitative estimate of drug-likeness (QED) is 0.820. The molecule has 0 fully saturated rings. The first-order valence-corrected chi connectivity index (χ1v) is 5.32. The smallest absolute Gasteiger partial charge is 0.493 e. The molecule has 18 heavy (non-hydrogen) atoms. The van der Waals surface area contributed by atoms with Gasteiger partial charge in [0.1, 0.15) is 0 Å². The summed E-state index contributed by atoms with van der Waals surface area (Å²) in [5, 5.41) is 0. The second-order valence-electron chi connectivity index (χ2n) is 4.18. The van der Waals surface area contributed by atoms with Gasteiger partial charge in [-0.3, -0.25) is 4.79 Å². The van der Waals surface area contributed by atoms with E-state index < -0.39 is 12.1 Å². The molecule has 0 bridgehead atoms. The third-order valence-corrected chi connectivity index (χ3v) is 2.85. The fourth-order valence-electron chi connectivity index (χ4n) is 2.05. The van der Waals surface area contributed by atoms with Gasteiger partial charge in [0.25, 0.3) is 0 Å². The molecule has 0 aliphatic heterocycles. The number of hydrogen-bond donors (Lipinski definition) is 0. The highest BCUT2D eigenvalue weighted by Gasteiger charge is 2.35. The van der Waals surface area contributed by atoms with Crippen LogP contribution in [0.3, 0.4) is 0 Å². The van der Waals surface area contributed by atoms with E-state index in [1.807, 2.05) is 0 Å². The highest BCUT2D eigenvalue weighted by atomic mass is 19.4. The molecule has 1 aliphatic rings. The van der Waals surface area contributed by atoms with Crippen LogP contribution in [0.2, 0.25) is 0 Å². The number of methoxy groups -OCH3 is 1. The molecule has 1 unspecified atom stereocenters. The lowest BCUT2D eigenvalue weighted by Crippen LogP contribution is -2.17. The average Bonchev–Trinajstić information content (AvgIpc) is 2.51. The fraction of sp³-hybridized carbons (Fsp3) is 0.417. The Balaban J connectivity index is 2.44. The van der Waals surface area contributed by atoms with Gasteiger partial charge < -0.3 is 9.47 Å². The Morgan fingerprint density at radius 1 is 1.28 bits per heavy atom. The Bertz CT molecular complexity index is 494. The minimum Gasteiger partial charge on any atom is -0.493 e. The number of Topliss-reactive ketones (excluding diaryl/α,β-unsaturated/α-hetero) is 1.